The van der Waals surface area contributed by atoms with Gasteiger partial charge in [-0.1, -0.05) is 29.3 Å². The molecule has 1 saturated heterocycles. The summed E-state index contributed by atoms with van der Waals surface area (Å²) in [6, 6.07) is 11.1. The third-order valence-electron chi connectivity index (χ3n) is 5.14. The molecule has 0 unspecified atom stereocenters. The Labute approximate surface area is 197 Å². The van der Waals surface area contributed by atoms with E-state index in [2.05, 4.69) is 5.32 Å². The van der Waals surface area contributed by atoms with Crippen molar-refractivity contribution in [3.63, 3.8) is 0 Å². The van der Waals surface area contributed by atoms with Crippen LogP contribution in [0.25, 0.3) is 0 Å². The molecule has 1 N–H and O–H groups in total. The highest BCUT2D eigenvalue weighted by Gasteiger charge is 2.32. The van der Waals surface area contributed by atoms with Gasteiger partial charge < -0.3 is 10.1 Å². The van der Waals surface area contributed by atoms with Crippen LogP contribution in [0.5, 0.6) is 0 Å². The molecule has 2 aromatic rings. The fourth-order valence-corrected chi connectivity index (χ4v) is 5.41. The smallest absolute Gasteiger partial charge is 0.338 e. The van der Waals surface area contributed by atoms with E-state index in [1.807, 2.05) is 0 Å². The van der Waals surface area contributed by atoms with Gasteiger partial charge in [-0.2, -0.15) is 0 Å². The summed E-state index contributed by atoms with van der Waals surface area (Å²) in [5.41, 5.74) is 1.45. The van der Waals surface area contributed by atoms with Crippen LogP contribution in [0, 0.1) is 5.92 Å². The standard InChI is InChI=1S/C22H24Cl2N2O5S/c1-2-31-22(28)16-6-8-18(9-7-16)25-21(27)17-4-3-11-26(13-17)32(29,30)14-15-5-10-19(23)20(24)12-15/h5-10,12,17H,2-4,11,13-14H2,1H3,(H,25,27)/t17-/m0/s1. The molecule has 0 aromatic heterocycles. The molecule has 2 aromatic carbocycles. The van der Waals surface area contributed by atoms with Crippen LogP contribution < -0.4 is 5.32 Å². The highest BCUT2D eigenvalue weighted by Crippen LogP contribution is 2.26. The van der Waals surface area contributed by atoms with E-state index < -0.39 is 21.9 Å². The minimum atomic E-state index is -3.63. The van der Waals surface area contributed by atoms with Gasteiger partial charge >= 0.3 is 5.97 Å². The van der Waals surface area contributed by atoms with Gasteiger partial charge in [0.25, 0.3) is 0 Å². The van der Waals surface area contributed by atoms with Crippen LogP contribution in [0.1, 0.15) is 35.7 Å². The molecule has 0 aliphatic carbocycles. The molecular formula is C22H24Cl2N2O5S. The van der Waals surface area contributed by atoms with Gasteiger partial charge in [-0.15, -0.1) is 0 Å². The molecule has 0 spiro atoms. The van der Waals surface area contributed by atoms with Crippen molar-refractivity contribution in [2.75, 3.05) is 25.0 Å². The number of nitrogens with zero attached hydrogens (tertiary/aromatic N) is 1. The average Bonchev–Trinajstić information content (AvgIpc) is 2.77. The van der Waals surface area contributed by atoms with E-state index in [9.17, 15) is 18.0 Å². The lowest BCUT2D eigenvalue weighted by Crippen LogP contribution is -2.44. The maximum Gasteiger partial charge on any atom is 0.338 e. The number of carbonyl (C=O) groups excluding carboxylic acids is 2. The maximum absolute atomic E-state index is 12.9. The number of nitrogens with one attached hydrogen (secondary N) is 1. The number of ether oxygens (including phenoxy) is 1. The van der Waals surface area contributed by atoms with Crippen LogP contribution in [0.3, 0.4) is 0 Å². The Morgan fingerprint density at radius 1 is 1.12 bits per heavy atom. The zero-order chi connectivity index (χ0) is 23.3. The van der Waals surface area contributed by atoms with Gasteiger partial charge in [-0.05, 0) is 61.7 Å². The van der Waals surface area contributed by atoms with Crippen LogP contribution in [-0.2, 0) is 25.3 Å². The summed E-state index contributed by atoms with van der Waals surface area (Å²) in [5, 5.41) is 3.46. The number of amides is 1. The minimum absolute atomic E-state index is 0.108. The van der Waals surface area contributed by atoms with Gasteiger partial charge in [0.1, 0.15) is 0 Å². The summed E-state index contributed by atoms with van der Waals surface area (Å²) < 4.78 is 32.1. The Bertz CT molecular complexity index is 1090. The Balaban J connectivity index is 1.62. The van der Waals surface area contributed by atoms with Gasteiger partial charge in [-0.25, -0.2) is 17.5 Å². The fourth-order valence-electron chi connectivity index (χ4n) is 3.49. The number of rotatable bonds is 7. The third-order valence-corrected chi connectivity index (χ3v) is 7.70. The zero-order valence-electron chi connectivity index (χ0n) is 17.5. The highest BCUT2D eigenvalue weighted by atomic mass is 35.5. The van der Waals surface area contributed by atoms with Crippen molar-refractivity contribution in [3.8, 4) is 0 Å². The third kappa shape index (κ3) is 6.22. The molecule has 32 heavy (non-hydrogen) atoms. The van der Waals surface area contributed by atoms with Crippen molar-refractivity contribution in [3.05, 3.63) is 63.6 Å². The Kier molecular flexibility index (Phi) is 8.16. The van der Waals surface area contributed by atoms with Crippen LogP contribution in [0.2, 0.25) is 10.0 Å². The molecule has 172 valence electrons. The van der Waals surface area contributed by atoms with E-state index in [-0.39, 0.29) is 24.8 Å². The summed E-state index contributed by atoms with van der Waals surface area (Å²) in [6.07, 6.45) is 1.17. The number of halogens is 2. The Morgan fingerprint density at radius 2 is 1.84 bits per heavy atom. The number of piperidine rings is 1. The van der Waals surface area contributed by atoms with Crippen LogP contribution in [-0.4, -0.2) is 44.3 Å². The molecule has 1 aliphatic heterocycles. The van der Waals surface area contributed by atoms with Gasteiger partial charge in [-0.3, -0.25) is 4.79 Å². The molecule has 1 amide bonds. The Hall–Kier alpha value is -2.13. The molecule has 0 bridgehead atoms. The molecule has 3 rings (SSSR count). The largest absolute Gasteiger partial charge is 0.462 e. The van der Waals surface area contributed by atoms with Gasteiger partial charge in [0, 0.05) is 18.8 Å². The summed E-state index contributed by atoms with van der Waals surface area (Å²) in [6.45, 7) is 2.48. The predicted molar refractivity (Wildman–Crippen MR) is 124 cm³/mol. The van der Waals surface area contributed by atoms with Crippen molar-refractivity contribution < 1.29 is 22.7 Å². The monoisotopic (exact) mass is 498 g/mol. The number of hydrogen-bond acceptors (Lipinski definition) is 5. The van der Waals surface area contributed by atoms with E-state index in [1.165, 1.54) is 10.4 Å². The molecule has 0 radical (unpaired) electrons. The average molecular weight is 499 g/mol. The van der Waals surface area contributed by atoms with Gasteiger partial charge in [0.2, 0.25) is 15.9 Å². The fraction of sp³-hybridized carbons (Fsp3) is 0.364. The minimum Gasteiger partial charge on any atom is -0.462 e. The number of benzene rings is 2. The van der Waals surface area contributed by atoms with Gasteiger partial charge in [0.05, 0.1) is 33.9 Å². The second kappa shape index (κ2) is 10.7. The second-order valence-corrected chi connectivity index (χ2v) is 10.3. The summed E-state index contributed by atoms with van der Waals surface area (Å²) in [7, 11) is -3.63. The lowest BCUT2D eigenvalue weighted by Gasteiger charge is -2.31. The summed E-state index contributed by atoms with van der Waals surface area (Å²) in [4.78, 5) is 24.5. The number of carbonyl (C=O) groups is 2. The van der Waals surface area contributed by atoms with Gasteiger partial charge in [0.15, 0.2) is 0 Å². The number of sulfonamides is 1. The molecule has 10 heteroatoms. The van der Waals surface area contributed by atoms with Crippen LogP contribution in [0.4, 0.5) is 5.69 Å². The zero-order valence-corrected chi connectivity index (χ0v) is 19.8. The number of esters is 1. The lowest BCUT2D eigenvalue weighted by atomic mass is 9.98. The second-order valence-electron chi connectivity index (χ2n) is 7.49. The molecule has 1 heterocycles. The highest BCUT2D eigenvalue weighted by molar-refractivity contribution is 7.88. The molecular weight excluding hydrogens is 475 g/mol. The summed E-state index contributed by atoms with van der Waals surface area (Å²) >= 11 is 11.9. The topological polar surface area (TPSA) is 92.8 Å². The number of anilines is 1. The first-order valence-corrected chi connectivity index (χ1v) is 12.6. The normalized spacial score (nSPS) is 17.0. The Morgan fingerprint density at radius 3 is 2.50 bits per heavy atom. The molecule has 7 nitrogen and oxygen atoms in total. The molecule has 1 aliphatic rings. The molecule has 1 atom stereocenters. The first kappa shape index (κ1) is 24.5. The van der Waals surface area contributed by atoms with Crippen molar-refractivity contribution in [2.45, 2.75) is 25.5 Å². The first-order valence-electron chi connectivity index (χ1n) is 10.2. The summed E-state index contributed by atoms with van der Waals surface area (Å²) in [5.74, 6) is -1.38. The van der Waals surface area contributed by atoms with E-state index in [1.54, 1.807) is 43.3 Å². The van der Waals surface area contributed by atoms with Crippen molar-refractivity contribution in [1.82, 2.24) is 4.31 Å². The van der Waals surface area contributed by atoms with E-state index in [0.717, 1.165) is 0 Å². The van der Waals surface area contributed by atoms with Crippen molar-refractivity contribution in [2.24, 2.45) is 5.92 Å². The first-order chi connectivity index (χ1) is 15.2. The number of hydrogen-bond donors (Lipinski definition) is 1. The SMILES string of the molecule is CCOC(=O)c1ccc(NC(=O)[C@H]2CCCN(S(=O)(=O)Cc3ccc(Cl)c(Cl)c3)C2)cc1. The van der Waals surface area contributed by atoms with Crippen molar-refractivity contribution >= 4 is 50.8 Å². The van der Waals surface area contributed by atoms with Crippen molar-refractivity contribution in [1.29, 1.82) is 0 Å². The van der Waals surface area contributed by atoms with Crippen LogP contribution in [0.15, 0.2) is 42.5 Å². The van der Waals surface area contributed by atoms with E-state index in [4.69, 9.17) is 27.9 Å². The van der Waals surface area contributed by atoms with E-state index >= 15 is 0 Å². The lowest BCUT2D eigenvalue weighted by molar-refractivity contribution is -0.120. The molecule has 1 fully saturated rings. The van der Waals surface area contributed by atoms with Crippen LogP contribution >= 0.6 is 23.2 Å². The quantitative estimate of drug-likeness (QED) is 0.572. The maximum atomic E-state index is 12.9. The van der Waals surface area contributed by atoms with E-state index in [0.29, 0.717) is 46.2 Å². The predicted octanol–water partition coefficient (Wildman–Crippen LogP) is 4.35. The molecule has 0 saturated carbocycles.